The van der Waals surface area contributed by atoms with Gasteiger partial charge in [0.05, 0.1) is 11.1 Å². The molecular formula is C8H12N2O2S. The quantitative estimate of drug-likeness (QED) is 0.718. The van der Waals surface area contributed by atoms with Gasteiger partial charge in [0.25, 0.3) is 0 Å². The minimum absolute atomic E-state index is 0.208. The zero-order chi connectivity index (χ0) is 9.47. The molecule has 1 heterocycles. The fraction of sp³-hybridized carbons (Fsp3) is 0.625. The second-order valence-corrected chi connectivity index (χ2v) is 5.36. The Hall–Kier alpha value is -0.680. The maximum atomic E-state index is 11.2. The summed E-state index contributed by atoms with van der Waals surface area (Å²) in [4.78, 5) is 3.97. The highest BCUT2D eigenvalue weighted by molar-refractivity contribution is 8.09. The molecular weight excluding hydrogens is 188 g/mol. The summed E-state index contributed by atoms with van der Waals surface area (Å²) in [6.45, 7) is 2.09. The van der Waals surface area contributed by atoms with Gasteiger partial charge in [-0.1, -0.05) is 0 Å². The molecule has 0 amide bonds. The highest BCUT2D eigenvalue weighted by Gasteiger charge is 2.24. The molecule has 1 saturated carbocycles. The summed E-state index contributed by atoms with van der Waals surface area (Å²) in [7, 11) is -3.15. The van der Waals surface area contributed by atoms with E-state index in [4.69, 9.17) is 0 Å². The van der Waals surface area contributed by atoms with Crippen molar-refractivity contribution >= 4 is 14.9 Å². The Bertz CT molecular complexity index is 377. The van der Waals surface area contributed by atoms with Crippen molar-refractivity contribution in [1.82, 2.24) is 5.32 Å². The van der Waals surface area contributed by atoms with Crippen LogP contribution in [0.15, 0.2) is 16.1 Å². The van der Waals surface area contributed by atoms with Gasteiger partial charge in [-0.3, -0.25) is 0 Å². The summed E-state index contributed by atoms with van der Waals surface area (Å²) in [5, 5.41) is 4.67. The van der Waals surface area contributed by atoms with Crippen LogP contribution in [-0.4, -0.2) is 26.0 Å². The van der Waals surface area contributed by atoms with Gasteiger partial charge in [0.1, 0.15) is 5.04 Å². The molecule has 0 bridgehead atoms. The number of nitrogens with zero attached hydrogens (tertiary/aromatic N) is 1. The van der Waals surface area contributed by atoms with Gasteiger partial charge in [0, 0.05) is 12.6 Å². The maximum absolute atomic E-state index is 11.2. The Morgan fingerprint density at radius 1 is 1.62 bits per heavy atom. The van der Waals surface area contributed by atoms with E-state index < -0.39 is 9.84 Å². The van der Waals surface area contributed by atoms with E-state index in [9.17, 15) is 8.42 Å². The van der Waals surface area contributed by atoms with Crippen molar-refractivity contribution in [2.75, 3.05) is 6.54 Å². The van der Waals surface area contributed by atoms with Crippen molar-refractivity contribution in [2.45, 2.75) is 25.8 Å². The van der Waals surface area contributed by atoms with Crippen LogP contribution in [0.1, 0.15) is 19.8 Å². The van der Waals surface area contributed by atoms with E-state index in [2.05, 4.69) is 10.3 Å². The minimum atomic E-state index is -3.15. The predicted octanol–water partition coefficient (Wildman–Crippen LogP) is 0.427. The Morgan fingerprint density at radius 3 is 2.77 bits per heavy atom. The molecule has 72 valence electrons. The average Bonchev–Trinajstić information content (AvgIpc) is 2.78. The average molecular weight is 200 g/mol. The monoisotopic (exact) mass is 200 g/mol. The van der Waals surface area contributed by atoms with Crippen LogP contribution >= 0.6 is 0 Å². The molecule has 0 unspecified atom stereocenters. The van der Waals surface area contributed by atoms with E-state index in [1.165, 1.54) is 25.2 Å². The van der Waals surface area contributed by atoms with E-state index in [1.807, 2.05) is 0 Å². The molecule has 0 spiro atoms. The number of rotatable bonds is 3. The smallest absolute Gasteiger partial charge is 0.214 e. The highest BCUT2D eigenvalue weighted by Crippen LogP contribution is 2.20. The number of sulfone groups is 1. The molecule has 1 aliphatic heterocycles. The summed E-state index contributed by atoms with van der Waals surface area (Å²) in [6.07, 6.45) is 2.39. The van der Waals surface area contributed by atoms with Gasteiger partial charge < -0.3 is 5.32 Å². The molecule has 0 atom stereocenters. The Morgan fingerprint density at radius 2 is 2.31 bits per heavy atom. The summed E-state index contributed by atoms with van der Waals surface area (Å²) < 4.78 is 22.4. The van der Waals surface area contributed by atoms with Crippen LogP contribution in [0.2, 0.25) is 0 Å². The van der Waals surface area contributed by atoms with Gasteiger partial charge in [-0.05, 0) is 19.8 Å². The van der Waals surface area contributed by atoms with Gasteiger partial charge in [-0.2, -0.15) is 0 Å². The standard InChI is InChI=1S/C8H12N2O2S/c1-6-10-8(5-13(6,11)12)4-9-7-2-3-7/h5,7,9H,2-4H2,1H3. The normalized spacial score (nSPS) is 25.6. The lowest BCUT2D eigenvalue weighted by Crippen LogP contribution is -2.18. The van der Waals surface area contributed by atoms with E-state index in [0.29, 0.717) is 18.3 Å². The van der Waals surface area contributed by atoms with Crippen LogP contribution in [0, 0.1) is 0 Å². The molecule has 13 heavy (non-hydrogen) atoms. The van der Waals surface area contributed by atoms with Crippen LogP contribution in [0.5, 0.6) is 0 Å². The van der Waals surface area contributed by atoms with Crippen molar-refractivity contribution in [1.29, 1.82) is 0 Å². The van der Waals surface area contributed by atoms with Crippen molar-refractivity contribution < 1.29 is 8.42 Å². The first kappa shape index (κ1) is 8.90. The van der Waals surface area contributed by atoms with E-state index >= 15 is 0 Å². The van der Waals surface area contributed by atoms with Crippen molar-refractivity contribution in [2.24, 2.45) is 4.99 Å². The third kappa shape index (κ3) is 1.97. The van der Waals surface area contributed by atoms with Crippen LogP contribution in [-0.2, 0) is 9.84 Å². The summed E-state index contributed by atoms with van der Waals surface area (Å²) in [5.74, 6) is 0. The molecule has 4 nitrogen and oxygen atoms in total. The zero-order valence-corrected chi connectivity index (χ0v) is 8.26. The molecule has 0 aromatic rings. The molecule has 0 saturated heterocycles. The molecule has 1 fully saturated rings. The number of aliphatic imine (C=N–C) groups is 1. The van der Waals surface area contributed by atoms with Crippen molar-refractivity contribution in [3.63, 3.8) is 0 Å². The second kappa shape index (κ2) is 2.92. The van der Waals surface area contributed by atoms with Gasteiger partial charge in [-0.25, -0.2) is 13.4 Å². The lowest BCUT2D eigenvalue weighted by Gasteiger charge is -1.98. The van der Waals surface area contributed by atoms with E-state index in [-0.39, 0.29) is 5.04 Å². The Balaban J connectivity index is 2.01. The molecule has 5 heteroatoms. The first-order valence-electron chi connectivity index (χ1n) is 4.32. The number of nitrogens with one attached hydrogen (secondary N) is 1. The maximum Gasteiger partial charge on any atom is 0.214 e. The van der Waals surface area contributed by atoms with Crippen LogP contribution in [0.4, 0.5) is 0 Å². The third-order valence-electron chi connectivity index (χ3n) is 2.15. The summed E-state index contributed by atoms with van der Waals surface area (Å²) in [5.41, 5.74) is 0.629. The molecule has 0 aromatic carbocycles. The third-order valence-corrected chi connectivity index (χ3v) is 3.65. The largest absolute Gasteiger partial charge is 0.308 e. The fourth-order valence-electron chi connectivity index (χ4n) is 1.17. The second-order valence-electron chi connectivity index (χ2n) is 3.44. The zero-order valence-electron chi connectivity index (χ0n) is 7.45. The van der Waals surface area contributed by atoms with Crippen LogP contribution in [0.3, 0.4) is 0 Å². The predicted molar refractivity (Wildman–Crippen MR) is 51.1 cm³/mol. The van der Waals surface area contributed by atoms with Crippen LogP contribution in [0.25, 0.3) is 0 Å². The van der Waals surface area contributed by atoms with Crippen molar-refractivity contribution in [3.05, 3.63) is 11.1 Å². The molecule has 0 radical (unpaired) electrons. The Labute approximate surface area is 77.7 Å². The lowest BCUT2D eigenvalue weighted by atomic mass is 10.5. The van der Waals surface area contributed by atoms with Crippen LogP contribution < -0.4 is 5.32 Å². The Kier molecular flexibility index (Phi) is 2.00. The molecule has 1 N–H and O–H groups in total. The number of hydrogen-bond acceptors (Lipinski definition) is 4. The fourth-order valence-corrected chi connectivity index (χ4v) is 2.08. The minimum Gasteiger partial charge on any atom is -0.308 e. The van der Waals surface area contributed by atoms with E-state index in [0.717, 1.165) is 0 Å². The van der Waals surface area contributed by atoms with Gasteiger partial charge in [0.2, 0.25) is 9.84 Å². The molecule has 2 aliphatic rings. The lowest BCUT2D eigenvalue weighted by molar-refractivity contribution is 0.615. The molecule has 0 aromatic heterocycles. The first-order valence-corrected chi connectivity index (χ1v) is 5.87. The highest BCUT2D eigenvalue weighted by atomic mass is 32.2. The summed E-state index contributed by atoms with van der Waals surface area (Å²) in [6, 6.07) is 0.583. The van der Waals surface area contributed by atoms with Gasteiger partial charge in [0.15, 0.2) is 0 Å². The van der Waals surface area contributed by atoms with Gasteiger partial charge in [-0.15, -0.1) is 0 Å². The van der Waals surface area contributed by atoms with E-state index in [1.54, 1.807) is 0 Å². The van der Waals surface area contributed by atoms with Crippen molar-refractivity contribution in [3.8, 4) is 0 Å². The molecule has 1 aliphatic carbocycles. The van der Waals surface area contributed by atoms with Gasteiger partial charge >= 0.3 is 0 Å². The summed E-state index contributed by atoms with van der Waals surface area (Å²) >= 11 is 0. The topological polar surface area (TPSA) is 58.5 Å². The molecule has 2 rings (SSSR count). The number of hydrogen-bond donors (Lipinski definition) is 1. The SMILES string of the molecule is CC1=NC(CNC2CC2)=CS1(=O)=O. The first-order chi connectivity index (χ1) is 6.08.